The molecule has 0 fully saturated rings. The van der Waals surface area contributed by atoms with E-state index in [0.29, 0.717) is 6.61 Å². The van der Waals surface area contributed by atoms with Gasteiger partial charge in [-0.05, 0) is 42.8 Å². The van der Waals surface area contributed by atoms with Crippen LogP contribution in [0.5, 0.6) is 0 Å². The molecular weight excluding hydrogens is 401 g/mol. The Morgan fingerprint density at radius 2 is 2.03 bits per heavy atom. The highest BCUT2D eigenvalue weighted by molar-refractivity contribution is 7.99. The standard InChI is InChI=1S/C23H20FN3O2S/c1-2-29-23(28)26-12-11-18(17-5-3-4-6-19(17)26)21-20(15-7-9-16(24)10-8-15)25-22-27(21)13-14-30-22/h3-12,18H,2,13-14H2,1H3. The van der Waals surface area contributed by atoms with Gasteiger partial charge in [0.15, 0.2) is 5.16 Å². The van der Waals surface area contributed by atoms with Crippen LogP contribution >= 0.6 is 11.8 Å². The molecule has 0 aliphatic carbocycles. The maximum absolute atomic E-state index is 13.5. The molecule has 0 N–H and O–H groups in total. The molecule has 1 unspecified atom stereocenters. The number of para-hydroxylation sites is 1. The number of benzene rings is 2. The molecule has 1 atom stereocenters. The van der Waals surface area contributed by atoms with E-state index in [-0.39, 0.29) is 11.7 Å². The highest BCUT2D eigenvalue weighted by Gasteiger charge is 2.33. The van der Waals surface area contributed by atoms with Gasteiger partial charge in [0.2, 0.25) is 0 Å². The van der Waals surface area contributed by atoms with Crippen LogP contribution in [0.15, 0.2) is 66.0 Å². The number of anilines is 1. The van der Waals surface area contributed by atoms with E-state index in [2.05, 4.69) is 4.57 Å². The molecule has 152 valence electrons. The monoisotopic (exact) mass is 421 g/mol. The number of nitrogens with zero attached hydrogens (tertiary/aromatic N) is 3. The highest BCUT2D eigenvalue weighted by Crippen LogP contribution is 2.44. The molecule has 0 saturated carbocycles. The van der Waals surface area contributed by atoms with Crippen molar-refractivity contribution in [2.24, 2.45) is 0 Å². The van der Waals surface area contributed by atoms with Gasteiger partial charge in [-0.25, -0.2) is 14.2 Å². The number of fused-ring (bicyclic) bond motifs is 2. The van der Waals surface area contributed by atoms with E-state index in [1.165, 1.54) is 12.1 Å². The summed E-state index contributed by atoms with van der Waals surface area (Å²) in [5.74, 6) is 0.632. The zero-order chi connectivity index (χ0) is 20.7. The predicted octanol–water partition coefficient (Wildman–Crippen LogP) is 5.42. The number of carbonyl (C=O) groups is 1. The zero-order valence-electron chi connectivity index (χ0n) is 16.4. The Balaban J connectivity index is 1.65. The molecular formula is C23H20FN3O2S. The van der Waals surface area contributed by atoms with Crippen molar-refractivity contribution in [3.05, 3.63) is 77.9 Å². The quantitative estimate of drug-likeness (QED) is 0.567. The molecule has 3 heterocycles. The Morgan fingerprint density at radius 1 is 1.23 bits per heavy atom. The van der Waals surface area contributed by atoms with Crippen molar-refractivity contribution < 1.29 is 13.9 Å². The molecule has 0 bridgehead atoms. The number of carbonyl (C=O) groups excluding carboxylic acids is 1. The SMILES string of the molecule is CCOC(=O)N1C=CC(c2c(-c3ccc(F)cc3)nc3n2CCS3)c2ccccc21. The summed E-state index contributed by atoms with van der Waals surface area (Å²) in [5, 5.41) is 0.975. The number of thioether (sulfide) groups is 1. The maximum atomic E-state index is 13.5. The van der Waals surface area contributed by atoms with Gasteiger partial charge in [0.1, 0.15) is 5.82 Å². The smallest absolute Gasteiger partial charge is 0.418 e. The van der Waals surface area contributed by atoms with Crippen LogP contribution in [0.3, 0.4) is 0 Å². The molecule has 30 heavy (non-hydrogen) atoms. The molecule has 2 aliphatic rings. The van der Waals surface area contributed by atoms with Crippen LogP contribution in [0, 0.1) is 5.82 Å². The van der Waals surface area contributed by atoms with Crippen LogP contribution in [0.25, 0.3) is 11.3 Å². The van der Waals surface area contributed by atoms with Gasteiger partial charge in [-0.2, -0.15) is 0 Å². The summed E-state index contributed by atoms with van der Waals surface area (Å²) in [6.45, 7) is 2.98. The lowest BCUT2D eigenvalue weighted by atomic mass is 9.89. The molecule has 0 spiro atoms. The molecule has 5 rings (SSSR count). The van der Waals surface area contributed by atoms with Crippen molar-refractivity contribution in [1.82, 2.24) is 9.55 Å². The first-order chi connectivity index (χ1) is 14.7. The molecule has 0 radical (unpaired) electrons. The number of ether oxygens (including phenoxy) is 1. The topological polar surface area (TPSA) is 47.4 Å². The fourth-order valence-corrected chi connectivity index (χ4v) is 5.01. The molecule has 7 heteroatoms. The summed E-state index contributed by atoms with van der Waals surface area (Å²) in [6.07, 6.45) is 3.40. The number of hydrogen-bond donors (Lipinski definition) is 0. The molecule has 1 aromatic heterocycles. The van der Waals surface area contributed by atoms with Crippen molar-refractivity contribution >= 4 is 23.5 Å². The Kier molecular flexibility index (Phi) is 4.83. The lowest BCUT2D eigenvalue weighted by molar-refractivity contribution is 0.162. The number of hydrogen-bond acceptors (Lipinski definition) is 4. The second-order valence-corrected chi connectivity index (χ2v) is 8.14. The van der Waals surface area contributed by atoms with Crippen molar-refractivity contribution in [1.29, 1.82) is 0 Å². The summed E-state index contributed by atoms with van der Waals surface area (Å²) in [4.78, 5) is 18.9. The summed E-state index contributed by atoms with van der Waals surface area (Å²) >= 11 is 1.73. The van der Waals surface area contributed by atoms with E-state index in [1.54, 1.807) is 41.9 Å². The average Bonchev–Trinajstić information content (AvgIpc) is 3.35. The van der Waals surface area contributed by atoms with Crippen molar-refractivity contribution in [2.45, 2.75) is 24.5 Å². The minimum Gasteiger partial charge on any atom is -0.449 e. The molecule has 1 amide bonds. The van der Waals surface area contributed by atoms with Gasteiger partial charge in [-0.15, -0.1) is 0 Å². The predicted molar refractivity (Wildman–Crippen MR) is 115 cm³/mol. The van der Waals surface area contributed by atoms with E-state index in [9.17, 15) is 9.18 Å². The second kappa shape index (κ2) is 7.65. The van der Waals surface area contributed by atoms with E-state index in [1.807, 2.05) is 30.3 Å². The van der Waals surface area contributed by atoms with Crippen molar-refractivity contribution in [3.8, 4) is 11.3 Å². The van der Waals surface area contributed by atoms with Gasteiger partial charge in [0.05, 0.1) is 23.7 Å². The normalized spacial score (nSPS) is 17.0. The number of rotatable bonds is 3. The first-order valence-electron chi connectivity index (χ1n) is 9.89. The Labute approximate surface area is 178 Å². The highest BCUT2D eigenvalue weighted by atomic mass is 32.2. The Bertz CT molecular complexity index is 1140. The van der Waals surface area contributed by atoms with E-state index in [0.717, 1.165) is 45.7 Å². The Hall–Kier alpha value is -3.06. The van der Waals surface area contributed by atoms with E-state index < -0.39 is 6.09 Å². The fraction of sp³-hybridized carbons (Fsp3) is 0.217. The average molecular weight is 421 g/mol. The van der Waals surface area contributed by atoms with Crippen LogP contribution in [0.4, 0.5) is 14.9 Å². The summed E-state index contributed by atoms with van der Waals surface area (Å²) in [6, 6.07) is 14.3. The Morgan fingerprint density at radius 3 is 2.83 bits per heavy atom. The van der Waals surface area contributed by atoms with Gasteiger partial charge < -0.3 is 9.30 Å². The second-order valence-electron chi connectivity index (χ2n) is 7.08. The molecule has 2 aromatic carbocycles. The van der Waals surface area contributed by atoms with Gasteiger partial charge in [0.25, 0.3) is 0 Å². The fourth-order valence-electron chi connectivity index (χ4n) is 4.05. The van der Waals surface area contributed by atoms with Crippen LogP contribution in [-0.2, 0) is 11.3 Å². The van der Waals surface area contributed by atoms with Crippen LogP contribution in [-0.4, -0.2) is 28.0 Å². The zero-order valence-corrected chi connectivity index (χ0v) is 17.2. The van der Waals surface area contributed by atoms with E-state index in [4.69, 9.17) is 9.72 Å². The first-order valence-corrected chi connectivity index (χ1v) is 10.9. The third kappa shape index (κ3) is 3.10. The lowest BCUT2D eigenvalue weighted by Gasteiger charge is -2.29. The van der Waals surface area contributed by atoms with Crippen molar-refractivity contribution in [3.63, 3.8) is 0 Å². The van der Waals surface area contributed by atoms with Gasteiger partial charge in [-0.1, -0.05) is 36.0 Å². The lowest BCUT2D eigenvalue weighted by Crippen LogP contribution is -2.30. The number of halogens is 1. The number of amides is 1. The number of imidazole rings is 1. The first kappa shape index (κ1) is 18.9. The van der Waals surface area contributed by atoms with Crippen LogP contribution in [0.2, 0.25) is 0 Å². The van der Waals surface area contributed by atoms with E-state index >= 15 is 0 Å². The third-order valence-electron chi connectivity index (χ3n) is 5.35. The largest absolute Gasteiger partial charge is 0.449 e. The third-order valence-corrected chi connectivity index (χ3v) is 6.31. The van der Waals surface area contributed by atoms with Gasteiger partial charge in [0, 0.05) is 30.0 Å². The maximum Gasteiger partial charge on any atom is 0.418 e. The minimum atomic E-state index is -0.396. The summed E-state index contributed by atoms with van der Waals surface area (Å²) < 4.78 is 21.0. The minimum absolute atomic E-state index is 0.0770. The number of allylic oxidation sites excluding steroid dienone is 1. The number of aromatic nitrogens is 2. The van der Waals surface area contributed by atoms with Gasteiger partial charge in [-0.3, -0.25) is 4.90 Å². The molecule has 2 aliphatic heterocycles. The van der Waals surface area contributed by atoms with Gasteiger partial charge >= 0.3 is 6.09 Å². The molecule has 0 saturated heterocycles. The molecule has 5 nitrogen and oxygen atoms in total. The van der Waals surface area contributed by atoms with Crippen LogP contribution < -0.4 is 4.90 Å². The summed E-state index contributed by atoms with van der Waals surface area (Å²) in [5.41, 5.74) is 4.61. The van der Waals surface area contributed by atoms with Crippen LogP contribution in [0.1, 0.15) is 24.1 Å². The molecule has 3 aromatic rings. The van der Waals surface area contributed by atoms with Crippen molar-refractivity contribution in [2.75, 3.05) is 17.3 Å². The summed E-state index contributed by atoms with van der Waals surface area (Å²) in [7, 11) is 0.